The quantitative estimate of drug-likeness (QED) is 0.605. The zero-order valence-corrected chi connectivity index (χ0v) is 10.8. The first-order chi connectivity index (χ1) is 8.66. The van der Waals surface area contributed by atoms with Gasteiger partial charge in [-0.1, -0.05) is 18.2 Å². The molecular formula is C15H13FOS. The normalized spacial score (nSPS) is 12.1. The number of Topliss-reactive ketones (excluding diaryl/α,β-unsaturated/α-hetero) is 1. The van der Waals surface area contributed by atoms with E-state index in [1.165, 1.54) is 36.0 Å². The summed E-state index contributed by atoms with van der Waals surface area (Å²) in [6.45, 7) is 1.86. The predicted molar refractivity (Wildman–Crippen MR) is 72.5 cm³/mol. The van der Waals surface area contributed by atoms with E-state index in [1.54, 1.807) is 0 Å². The summed E-state index contributed by atoms with van der Waals surface area (Å²) in [4.78, 5) is 13.2. The summed E-state index contributed by atoms with van der Waals surface area (Å²) >= 11 is 1.51. The van der Waals surface area contributed by atoms with Crippen LogP contribution in [0, 0.1) is 5.82 Å². The van der Waals surface area contributed by atoms with E-state index in [1.807, 2.05) is 37.3 Å². The van der Waals surface area contributed by atoms with E-state index in [0.717, 1.165) is 4.90 Å². The second-order valence-corrected chi connectivity index (χ2v) is 5.36. The standard InChI is InChI=1S/C15H13FOS/c1-11(18-14-5-3-2-4-6-14)15(17)12-7-9-13(16)10-8-12/h2-11H,1H3. The van der Waals surface area contributed by atoms with Crippen LogP contribution in [0.3, 0.4) is 0 Å². The maximum Gasteiger partial charge on any atom is 0.175 e. The molecule has 0 N–H and O–H groups in total. The SMILES string of the molecule is CC(Sc1ccccc1)C(=O)c1ccc(F)cc1. The topological polar surface area (TPSA) is 17.1 Å². The molecule has 0 radical (unpaired) electrons. The molecule has 1 nitrogen and oxygen atoms in total. The fraction of sp³-hybridized carbons (Fsp3) is 0.133. The van der Waals surface area contributed by atoms with Gasteiger partial charge in [0, 0.05) is 10.5 Å². The third-order valence-corrected chi connectivity index (χ3v) is 3.67. The van der Waals surface area contributed by atoms with Crippen molar-refractivity contribution in [1.29, 1.82) is 0 Å². The van der Waals surface area contributed by atoms with Crippen molar-refractivity contribution in [2.45, 2.75) is 17.1 Å². The maximum atomic E-state index is 12.8. The number of rotatable bonds is 4. The molecule has 3 heteroatoms. The Morgan fingerprint density at radius 3 is 2.28 bits per heavy atom. The molecule has 0 aliphatic rings. The highest BCUT2D eigenvalue weighted by atomic mass is 32.2. The molecule has 18 heavy (non-hydrogen) atoms. The summed E-state index contributed by atoms with van der Waals surface area (Å²) in [5.41, 5.74) is 0.548. The lowest BCUT2D eigenvalue weighted by atomic mass is 10.1. The van der Waals surface area contributed by atoms with Gasteiger partial charge in [-0.15, -0.1) is 11.8 Å². The molecule has 2 rings (SSSR count). The van der Waals surface area contributed by atoms with Gasteiger partial charge in [-0.25, -0.2) is 4.39 Å². The number of halogens is 1. The maximum absolute atomic E-state index is 12.8. The minimum Gasteiger partial charge on any atom is -0.293 e. The summed E-state index contributed by atoms with van der Waals surface area (Å²) in [5.74, 6) is -0.307. The Kier molecular flexibility index (Phi) is 4.15. The molecule has 92 valence electrons. The number of carbonyl (C=O) groups excluding carboxylic acids is 1. The largest absolute Gasteiger partial charge is 0.293 e. The van der Waals surface area contributed by atoms with Crippen LogP contribution in [-0.4, -0.2) is 11.0 Å². The van der Waals surface area contributed by atoms with Crippen LogP contribution in [0.2, 0.25) is 0 Å². The molecule has 0 amide bonds. The average Bonchev–Trinajstić information content (AvgIpc) is 2.40. The number of carbonyl (C=O) groups is 1. The molecule has 0 saturated heterocycles. The highest BCUT2D eigenvalue weighted by Gasteiger charge is 2.16. The summed E-state index contributed by atoms with van der Waals surface area (Å²) in [6, 6.07) is 15.4. The molecule has 0 spiro atoms. The van der Waals surface area contributed by atoms with Crippen molar-refractivity contribution in [3.8, 4) is 0 Å². The van der Waals surface area contributed by atoms with Crippen molar-refractivity contribution in [3.63, 3.8) is 0 Å². The number of hydrogen-bond acceptors (Lipinski definition) is 2. The van der Waals surface area contributed by atoms with Gasteiger partial charge < -0.3 is 0 Å². The number of thioether (sulfide) groups is 1. The van der Waals surface area contributed by atoms with E-state index < -0.39 is 0 Å². The van der Waals surface area contributed by atoms with Crippen LogP contribution >= 0.6 is 11.8 Å². The summed E-state index contributed by atoms with van der Waals surface area (Å²) in [6.07, 6.45) is 0. The van der Waals surface area contributed by atoms with Crippen LogP contribution in [0.15, 0.2) is 59.5 Å². The van der Waals surface area contributed by atoms with Gasteiger partial charge in [0.25, 0.3) is 0 Å². The first-order valence-electron chi connectivity index (χ1n) is 5.68. The Morgan fingerprint density at radius 1 is 1.06 bits per heavy atom. The minimum absolute atomic E-state index is 0.0175. The Bertz CT molecular complexity index is 522. The van der Waals surface area contributed by atoms with Crippen molar-refractivity contribution in [2.75, 3.05) is 0 Å². The fourth-order valence-electron chi connectivity index (χ4n) is 1.61. The molecule has 0 aliphatic heterocycles. The lowest BCUT2D eigenvalue weighted by Crippen LogP contribution is -2.13. The third kappa shape index (κ3) is 3.20. The second kappa shape index (κ2) is 5.83. The average molecular weight is 260 g/mol. The van der Waals surface area contributed by atoms with Crippen LogP contribution in [0.1, 0.15) is 17.3 Å². The van der Waals surface area contributed by atoms with Crippen molar-refractivity contribution in [3.05, 3.63) is 66.0 Å². The van der Waals surface area contributed by atoms with Gasteiger partial charge in [0.15, 0.2) is 5.78 Å². The van der Waals surface area contributed by atoms with Gasteiger partial charge in [0.2, 0.25) is 0 Å². The predicted octanol–water partition coefficient (Wildman–Crippen LogP) is 4.19. The third-order valence-electron chi connectivity index (χ3n) is 2.55. The molecule has 1 unspecified atom stereocenters. The Labute approximate surface area is 110 Å². The van der Waals surface area contributed by atoms with Crippen LogP contribution < -0.4 is 0 Å². The summed E-state index contributed by atoms with van der Waals surface area (Å²) in [5, 5.41) is -0.183. The monoisotopic (exact) mass is 260 g/mol. The molecular weight excluding hydrogens is 247 g/mol. The van der Waals surface area contributed by atoms with Gasteiger partial charge in [0.1, 0.15) is 5.82 Å². The van der Waals surface area contributed by atoms with Gasteiger partial charge in [-0.2, -0.15) is 0 Å². The Balaban J connectivity index is 2.07. The van der Waals surface area contributed by atoms with E-state index in [0.29, 0.717) is 5.56 Å². The molecule has 1 atom stereocenters. The smallest absolute Gasteiger partial charge is 0.175 e. The highest BCUT2D eigenvalue weighted by molar-refractivity contribution is 8.00. The minimum atomic E-state index is -0.324. The number of benzene rings is 2. The molecule has 0 aliphatic carbocycles. The first kappa shape index (κ1) is 12.8. The van der Waals surface area contributed by atoms with E-state index in [9.17, 15) is 9.18 Å². The molecule has 0 bridgehead atoms. The van der Waals surface area contributed by atoms with Gasteiger partial charge in [0.05, 0.1) is 5.25 Å². The van der Waals surface area contributed by atoms with E-state index >= 15 is 0 Å². The molecule has 0 heterocycles. The van der Waals surface area contributed by atoms with Crippen molar-refractivity contribution in [2.24, 2.45) is 0 Å². The lowest BCUT2D eigenvalue weighted by Gasteiger charge is -2.10. The first-order valence-corrected chi connectivity index (χ1v) is 6.56. The Morgan fingerprint density at radius 2 is 1.67 bits per heavy atom. The van der Waals surface area contributed by atoms with Gasteiger partial charge in [-0.3, -0.25) is 4.79 Å². The summed E-state index contributed by atoms with van der Waals surface area (Å²) < 4.78 is 12.8. The van der Waals surface area contributed by atoms with Crippen molar-refractivity contribution >= 4 is 17.5 Å². The van der Waals surface area contributed by atoms with E-state index in [4.69, 9.17) is 0 Å². The van der Waals surface area contributed by atoms with E-state index in [-0.39, 0.29) is 16.9 Å². The van der Waals surface area contributed by atoms with Gasteiger partial charge >= 0.3 is 0 Å². The second-order valence-electron chi connectivity index (χ2n) is 3.94. The van der Waals surface area contributed by atoms with Crippen LogP contribution in [-0.2, 0) is 0 Å². The lowest BCUT2D eigenvalue weighted by molar-refractivity contribution is 0.0994. The number of ketones is 1. The zero-order valence-electron chi connectivity index (χ0n) is 9.97. The fourth-order valence-corrected chi connectivity index (χ4v) is 2.57. The van der Waals surface area contributed by atoms with E-state index in [2.05, 4.69) is 0 Å². The number of hydrogen-bond donors (Lipinski definition) is 0. The zero-order chi connectivity index (χ0) is 13.0. The van der Waals surface area contributed by atoms with Gasteiger partial charge in [-0.05, 0) is 43.3 Å². The summed E-state index contributed by atoms with van der Waals surface area (Å²) in [7, 11) is 0. The van der Waals surface area contributed by atoms with Crippen LogP contribution in [0.5, 0.6) is 0 Å². The molecule has 0 aromatic heterocycles. The Hall–Kier alpha value is -1.61. The van der Waals surface area contributed by atoms with Crippen molar-refractivity contribution in [1.82, 2.24) is 0 Å². The molecule has 0 fully saturated rings. The molecule has 0 saturated carbocycles. The van der Waals surface area contributed by atoms with Crippen LogP contribution in [0.25, 0.3) is 0 Å². The van der Waals surface area contributed by atoms with Crippen molar-refractivity contribution < 1.29 is 9.18 Å². The van der Waals surface area contributed by atoms with Crippen LogP contribution in [0.4, 0.5) is 4.39 Å². The molecule has 2 aromatic carbocycles. The molecule has 2 aromatic rings. The highest BCUT2D eigenvalue weighted by Crippen LogP contribution is 2.25.